The lowest BCUT2D eigenvalue weighted by atomic mass is 10.0. The fourth-order valence-electron chi connectivity index (χ4n) is 3.55. The summed E-state index contributed by atoms with van der Waals surface area (Å²) in [5, 5.41) is 7.43. The Morgan fingerprint density at radius 1 is 0.971 bits per heavy atom. The molecular formula is C27H28FN5OS. The maximum atomic E-state index is 13.8. The van der Waals surface area contributed by atoms with Crippen LogP contribution in [0.25, 0.3) is 0 Å². The molecule has 0 aliphatic rings. The molecule has 0 radical (unpaired) electrons. The fourth-order valence-corrected chi connectivity index (χ4v) is 4.36. The van der Waals surface area contributed by atoms with Gasteiger partial charge in [-0.05, 0) is 66.9 Å². The molecule has 1 atom stereocenters. The lowest BCUT2D eigenvalue weighted by molar-refractivity contribution is 0.414. The molecule has 0 fully saturated rings. The van der Waals surface area contributed by atoms with Crippen LogP contribution in [0, 0.1) is 11.7 Å². The van der Waals surface area contributed by atoms with Crippen molar-refractivity contribution in [2.45, 2.75) is 36.2 Å². The molecule has 180 valence electrons. The molecule has 2 aromatic heterocycles. The molecule has 0 bridgehead atoms. The largest absolute Gasteiger partial charge is 0.497 e. The fraction of sp³-hybridized carbons (Fsp3) is 0.222. The highest BCUT2D eigenvalue weighted by Crippen LogP contribution is 2.32. The van der Waals surface area contributed by atoms with Crippen LogP contribution >= 0.6 is 11.8 Å². The van der Waals surface area contributed by atoms with Gasteiger partial charge in [0.2, 0.25) is 5.95 Å². The van der Waals surface area contributed by atoms with Gasteiger partial charge in [0.1, 0.15) is 22.4 Å². The number of methoxy groups -OCH3 is 1. The third kappa shape index (κ3) is 7.16. The van der Waals surface area contributed by atoms with Gasteiger partial charge in [0.05, 0.1) is 18.8 Å². The molecule has 8 heteroatoms. The van der Waals surface area contributed by atoms with E-state index >= 15 is 0 Å². The van der Waals surface area contributed by atoms with Crippen molar-refractivity contribution in [3.8, 4) is 5.75 Å². The average Bonchev–Trinajstić information content (AvgIpc) is 2.84. The van der Waals surface area contributed by atoms with Gasteiger partial charge in [0.25, 0.3) is 0 Å². The number of aromatic nitrogens is 3. The number of nitrogens with one attached hydrogen (secondary N) is 2. The molecule has 2 N–H and O–H groups in total. The Morgan fingerprint density at radius 2 is 1.80 bits per heavy atom. The van der Waals surface area contributed by atoms with Crippen LogP contribution in [0.15, 0.2) is 88.9 Å². The molecule has 0 aliphatic carbocycles. The first-order valence-corrected chi connectivity index (χ1v) is 12.2. The van der Waals surface area contributed by atoms with Gasteiger partial charge >= 0.3 is 0 Å². The first-order chi connectivity index (χ1) is 17.0. The van der Waals surface area contributed by atoms with E-state index in [4.69, 9.17) is 9.72 Å². The second kappa shape index (κ2) is 11.7. The van der Waals surface area contributed by atoms with Gasteiger partial charge in [-0.3, -0.25) is 4.98 Å². The average molecular weight is 490 g/mol. The summed E-state index contributed by atoms with van der Waals surface area (Å²) in [6, 6.07) is 21.8. The number of pyridine rings is 1. The Hall–Kier alpha value is -3.65. The Balaban J connectivity index is 1.66. The zero-order valence-electron chi connectivity index (χ0n) is 19.9. The van der Waals surface area contributed by atoms with Crippen molar-refractivity contribution in [2.75, 3.05) is 17.7 Å². The van der Waals surface area contributed by atoms with Gasteiger partial charge in [-0.25, -0.2) is 9.37 Å². The zero-order valence-corrected chi connectivity index (χ0v) is 20.7. The highest BCUT2D eigenvalue weighted by atomic mass is 32.2. The van der Waals surface area contributed by atoms with Crippen molar-refractivity contribution in [2.24, 2.45) is 5.92 Å². The summed E-state index contributed by atoms with van der Waals surface area (Å²) in [5.41, 5.74) is 1.54. The quantitative estimate of drug-likeness (QED) is 0.230. The van der Waals surface area contributed by atoms with E-state index in [0.29, 0.717) is 23.4 Å². The predicted molar refractivity (Wildman–Crippen MR) is 139 cm³/mol. The normalized spacial score (nSPS) is 11.8. The summed E-state index contributed by atoms with van der Waals surface area (Å²) in [7, 11) is 1.64. The Morgan fingerprint density at radius 3 is 2.49 bits per heavy atom. The highest BCUT2D eigenvalue weighted by Gasteiger charge is 2.17. The number of rotatable bonds is 10. The molecule has 2 aromatic carbocycles. The zero-order chi connectivity index (χ0) is 24.6. The second-order valence-electron chi connectivity index (χ2n) is 8.41. The van der Waals surface area contributed by atoms with Gasteiger partial charge in [0, 0.05) is 22.8 Å². The number of hydrogen-bond donors (Lipinski definition) is 2. The molecule has 4 aromatic rings. The number of ether oxygens (including phenoxy) is 1. The lowest BCUT2D eigenvalue weighted by Crippen LogP contribution is -2.17. The number of halogens is 1. The van der Waals surface area contributed by atoms with Crippen LogP contribution in [0.4, 0.5) is 21.8 Å². The SMILES string of the molecule is COc1ccc(Sc2cc(Nc3cccc(F)c3)nc(NC(CC(C)C)c3ccccn3)n2)cc1. The Labute approximate surface area is 209 Å². The monoisotopic (exact) mass is 489 g/mol. The molecule has 35 heavy (non-hydrogen) atoms. The van der Waals surface area contributed by atoms with Gasteiger partial charge < -0.3 is 15.4 Å². The van der Waals surface area contributed by atoms with Crippen LogP contribution in [0.5, 0.6) is 5.75 Å². The van der Waals surface area contributed by atoms with Crippen molar-refractivity contribution >= 4 is 29.2 Å². The van der Waals surface area contributed by atoms with Crippen LogP contribution < -0.4 is 15.4 Å². The summed E-state index contributed by atoms with van der Waals surface area (Å²) < 4.78 is 19.0. The van der Waals surface area contributed by atoms with E-state index in [2.05, 4.69) is 34.4 Å². The standard InChI is InChI=1S/C27H28FN5OS/c1-18(2)15-24(23-9-4-5-14-29-23)31-27-32-25(30-20-8-6-7-19(28)16-20)17-26(33-27)35-22-12-10-21(34-3)11-13-22/h4-14,16-18,24H,15H2,1-3H3,(H2,30,31,32,33). The van der Waals surface area contributed by atoms with E-state index < -0.39 is 0 Å². The minimum Gasteiger partial charge on any atom is -0.497 e. The summed E-state index contributed by atoms with van der Waals surface area (Å²) in [6.45, 7) is 4.34. The first kappa shape index (κ1) is 24.5. The number of benzene rings is 2. The van der Waals surface area contributed by atoms with Gasteiger partial charge in [-0.15, -0.1) is 0 Å². The highest BCUT2D eigenvalue weighted by molar-refractivity contribution is 7.99. The maximum Gasteiger partial charge on any atom is 0.226 e. The van der Waals surface area contributed by atoms with Gasteiger partial charge in [0.15, 0.2) is 0 Å². The second-order valence-corrected chi connectivity index (χ2v) is 9.50. The topological polar surface area (TPSA) is 72.0 Å². The molecule has 0 aliphatic heterocycles. The van der Waals surface area contributed by atoms with Crippen LogP contribution in [-0.2, 0) is 0 Å². The molecule has 0 amide bonds. The van der Waals surface area contributed by atoms with Crippen molar-refractivity contribution in [3.05, 3.63) is 90.5 Å². The molecule has 4 rings (SSSR count). The van der Waals surface area contributed by atoms with Crippen LogP contribution in [0.1, 0.15) is 32.0 Å². The summed E-state index contributed by atoms with van der Waals surface area (Å²) in [5.74, 6) is 1.95. The molecule has 6 nitrogen and oxygen atoms in total. The minimum absolute atomic E-state index is 0.0561. The van der Waals surface area contributed by atoms with Crippen molar-refractivity contribution in [1.82, 2.24) is 15.0 Å². The van der Waals surface area contributed by atoms with E-state index in [1.807, 2.05) is 48.5 Å². The number of hydrogen-bond acceptors (Lipinski definition) is 7. The predicted octanol–water partition coefficient (Wildman–Crippen LogP) is 7.11. The van der Waals surface area contributed by atoms with Crippen molar-refractivity contribution < 1.29 is 9.13 Å². The Kier molecular flexibility index (Phi) is 8.15. The molecular weight excluding hydrogens is 461 g/mol. The van der Waals surface area contributed by atoms with Gasteiger partial charge in [-0.1, -0.05) is 37.7 Å². The summed E-state index contributed by atoms with van der Waals surface area (Å²) in [4.78, 5) is 15.0. The van der Waals surface area contributed by atoms with Crippen LogP contribution in [0.3, 0.4) is 0 Å². The smallest absolute Gasteiger partial charge is 0.226 e. The van der Waals surface area contributed by atoms with Crippen molar-refractivity contribution in [3.63, 3.8) is 0 Å². The first-order valence-electron chi connectivity index (χ1n) is 11.4. The van der Waals surface area contributed by atoms with Gasteiger partial charge in [-0.2, -0.15) is 4.98 Å². The maximum absolute atomic E-state index is 13.8. The van der Waals surface area contributed by atoms with E-state index in [-0.39, 0.29) is 11.9 Å². The Bertz CT molecular complexity index is 1240. The third-order valence-corrected chi connectivity index (χ3v) is 6.06. The van der Waals surface area contributed by atoms with E-state index in [9.17, 15) is 4.39 Å². The molecule has 2 heterocycles. The summed E-state index contributed by atoms with van der Waals surface area (Å²) in [6.07, 6.45) is 2.65. The molecule has 1 unspecified atom stereocenters. The number of anilines is 3. The van der Waals surface area contributed by atoms with E-state index in [0.717, 1.165) is 27.8 Å². The molecule has 0 saturated carbocycles. The van der Waals surface area contributed by atoms with Crippen molar-refractivity contribution in [1.29, 1.82) is 0 Å². The molecule has 0 spiro atoms. The lowest BCUT2D eigenvalue weighted by Gasteiger charge is -2.21. The van der Waals surface area contributed by atoms with Crippen LogP contribution in [0.2, 0.25) is 0 Å². The van der Waals surface area contributed by atoms with Crippen LogP contribution in [-0.4, -0.2) is 22.1 Å². The third-order valence-electron chi connectivity index (χ3n) is 5.14. The molecule has 0 saturated heterocycles. The summed E-state index contributed by atoms with van der Waals surface area (Å²) >= 11 is 1.51. The minimum atomic E-state index is -0.317. The number of nitrogens with zero attached hydrogens (tertiary/aromatic N) is 3. The van der Waals surface area contributed by atoms with E-state index in [1.165, 1.54) is 23.9 Å². The van der Waals surface area contributed by atoms with E-state index in [1.54, 1.807) is 25.4 Å².